The SMILES string of the molecule is Cc1ccc(-c2nsc(C(=O)c3ccccc3)c2C(=O)c2ccccc2)cc1. The number of hydrogen-bond donors (Lipinski definition) is 0. The van der Waals surface area contributed by atoms with Gasteiger partial charge in [-0.25, -0.2) is 0 Å². The van der Waals surface area contributed by atoms with E-state index in [9.17, 15) is 9.59 Å². The normalized spacial score (nSPS) is 10.6. The number of carbonyl (C=O) groups is 2. The van der Waals surface area contributed by atoms with Gasteiger partial charge in [0.25, 0.3) is 0 Å². The highest BCUT2D eigenvalue weighted by atomic mass is 32.1. The molecular formula is C24H17NO2S. The van der Waals surface area contributed by atoms with Crippen molar-refractivity contribution >= 4 is 23.1 Å². The lowest BCUT2D eigenvalue weighted by atomic mass is 9.95. The lowest BCUT2D eigenvalue weighted by Crippen LogP contribution is -2.09. The fourth-order valence-electron chi connectivity index (χ4n) is 3.02. The Balaban J connectivity index is 1.88. The molecule has 0 saturated carbocycles. The largest absolute Gasteiger partial charge is 0.288 e. The van der Waals surface area contributed by atoms with Crippen LogP contribution in [-0.4, -0.2) is 15.9 Å². The first-order valence-corrected chi connectivity index (χ1v) is 9.68. The summed E-state index contributed by atoms with van der Waals surface area (Å²) in [6.07, 6.45) is 0. The van der Waals surface area contributed by atoms with Crippen molar-refractivity contribution < 1.29 is 9.59 Å². The van der Waals surface area contributed by atoms with Gasteiger partial charge in [-0.3, -0.25) is 9.59 Å². The van der Waals surface area contributed by atoms with Crippen molar-refractivity contribution in [3.05, 3.63) is 112 Å². The third-order valence-electron chi connectivity index (χ3n) is 4.52. The molecule has 0 fully saturated rings. The van der Waals surface area contributed by atoms with Crippen LogP contribution in [0.1, 0.15) is 36.7 Å². The van der Waals surface area contributed by atoms with Gasteiger partial charge in [-0.05, 0) is 18.5 Å². The third-order valence-corrected chi connectivity index (χ3v) is 5.37. The summed E-state index contributed by atoms with van der Waals surface area (Å²) < 4.78 is 4.51. The Morgan fingerprint density at radius 3 is 1.82 bits per heavy atom. The first kappa shape index (κ1) is 18.0. The molecule has 3 nitrogen and oxygen atoms in total. The maximum Gasteiger partial charge on any atom is 0.205 e. The molecule has 136 valence electrons. The van der Waals surface area contributed by atoms with Crippen LogP contribution in [0.5, 0.6) is 0 Å². The highest BCUT2D eigenvalue weighted by Crippen LogP contribution is 2.32. The summed E-state index contributed by atoms with van der Waals surface area (Å²) >= 11 is 1.08. The van der Waals surface area contributed by atoms with Crippen molar-refractivity contribution in [2.45, 2.75) is 6.92 Å². The minimum atomic E-state index is -0.191. The molecule has 0 atom stereocenters. The predicted molar refractivity (Wildman–Crippen MR) is 112 cm³/mol. The number of ketones is 2. The molecule has 0 unspecified atom stereocenters. The third kappa shape index (κ3) is 3.42. The Morgan fingerprint density at radius 2 is 1.25 bits per heavy atom. The number of benzene rings is 3. The van der Waals surface area contributed by atoms with E-state index in [2.05, 4.69) is 4.37 Å². The fourth-order valence-corrected chi connectivity index (χ4v) is 3.88. The lowest BCUT2D eigenvalue weighted by molar-refractivity contribution is 0.101. The molecule has 28 heavy (non-hydrogen) atoms. The van der Waals surface area contributed by atoms with Gasteiger partial charge in [0.15, 0.2) is 5.78 Å². The Kier molecular flexibility index (Phi) is 4.96. The summed E-state index contributed by atoms with van der Waals surface area (Å²) in [6.45, 7) is 2.01. The lowest BCUT2D eigenvalue weighted by Gasteiger charge is -2.06. The van der Waals surface area contributed by atoms with Crippen LogP contribution in [0.15, 0.2) is 84.9 Å². The second kappa shape index (κ2) is 7.71. The standard InChI is InChI=1S/C24H17NO2S/c1-16-12-14-17(15-13-16)21-20(22(26)18-8-4-2-5-9-18)24(28-25-21)23(27)19-10-6-3-7-11-19/h2-15H,1H3. The molecule has 0 amide bonds. The van der Waals surface area contributed by atoms with Crippen LogP contribution in [0.25, 0.3) is 11.3 Å². The Bertz CT molecular complexity index is 1130. The fraction of sp³-hybridized carbons (Fsp3) is 0.0417. The van der Waals surface area contributed by atoms with Gasteiger partial charge < -0.3 is 0 Å². The van der Waals surface area contributed by atoms with Crippen LogP contribution in [0, 0.1) is 6.92 Å². The van der Waals surface area contributed by atoms with E-state index >= 15 is 0 Å². The van der Waals surface area contributed by atoms with Gasteiger partial charge in [-0.15, -0.1) is 0 Å². The monoisotopic (exact) mass is 383 g/mol. The van der Waals surface area contributed by atoms with Gasteiger partial charge in [0.05, 0.1) is 11.3 Å². The second-order valence-corrected chi connectivity index (χ2v) is 7.27. The molecule has 0 spiro atoms. The summed E-state index contributed by atoms with van der Waals surface area (Å²) in [4.78, 5) is 26.8. The smallest absolute Gasteiger partial charge is 0.205 e. The zero-order valence-corrected chi connectivity index (χ0v) is 16.1. The first-order valence-electron chi connectivity index (χ1n) is 8.91. The number of nitrogens with zero attached hydrogens (tertiary/aromatic N) is 1. The highest BCUT2D eigenvalue weighted by Gasteiger charge is 2.27. The quantitative estimate of drug-likeness (QED) is 0.423. The number of hydrogen-bond acceptors (Lipinski definition) is 4. The van der Waals surface area contributed by atoms with E-state index in [0.29, 0.717) is 27.3 Å². The van der Waals surface area contributed by atoms with Crippen LogP contribution < -0.4 is 0 Å². The molecule has 0 saturated heterocycles. The van der Waals surface area contributed by atoms with Crippen molar-refractivity contribution in [3.63, 3.8) is 0 Å². The highest BCUT2D eigenvalue weighted by molar-refractivity contribution is 7.09. The molecule has 0 radical (unpaired) electrons. The van der Waals surface area contributed by atoms with Crippen LogP contribution in [-0.2, 0) is 0 Å². The molecule has 4 rings (SSSR count). The number of aromatic nitrogens is 1. The number of rotatable bonds is 5. The van der Waals surface area contributed by atoms with E-state index in [0.717, 1.165) is 22.7 Å². The second-order valence-electron chi connectivity index (χ2n) is 6.49. The van der Waals surface area contributed by atoms with Gasteiger partial charge in [0.1, 0.15) is 4.88 Å². The zero-order chi connectivity index (χ0) is 19.5. The van der Waals surface area contributed by atoms with Crippen molar-refractivity contribution in [2.24, 2.45) is 0 Å². The van der Waals surface area contributed by atoms with Crippen LogP contribution in [0.4, 0.5) is 0 Å². The minimum absolute atomic E-state index is 0.184. The Morgan fingerprint density at radius 1 is 0.714 bits per heavy atom. The summed E-state index contributed by atoms with van der Waals surface area (Å²) in [5.41, 5.74) is 3.96. The molecule has 1 heterocycles. The van der Waals surface area contributed by atoms with Gasteiger partial charge >= 0.3 is 0 Å². The number of carbonyl (C=O) groups excluding carboxylic acids is 2. The van der Waals surface area contributed by atoms with Crippen LogP contribution in [0.2, 0.25) is 0 Å². The van der Waals surface area contributed by atoms with Crippen LogP contribution >= 0.6 is 11.5 Å². The maximum atomic E-state index is 13.3. The zero-order valence-electron chi connectivity index (χ0n) is 15.3. The topological polar surface area (TPSA) is 47.0 Å². The van der Waals surface area contributed by atoms with Gasteiger partial charge in [0, 0.05) is 16.7 Å². The first-order chi connectivity index (χ1) is 13.6. The molecule has 3 aromatic carbocycles. The molecule has 0 aliphatic rings. The van der Waals surface area contributed by atoms with Crippen molar-refractivity contribution in [3.8, 4) is 11.3 Å². The maximum absolute atomic E-state index is 13.3. The molecule has 0 bridgehead atoms. The molecule has 0 aliphatic heterocycles. The van der Waals surface area contributed by atoms with E-state index in [-0.39, 0.29) is 11.6 Å². The molecule has 4 heteroatoms. The van der Waals surface area contributed by atoms with Gasteiger partial charge in [-0.2, -0.15) is 4.37 Å². The van der Waals surface area contributed by atoms with Crippen molar-refractivity contribution in [1.29, 1.82) is 0 Å². The molecule has 4 aromatic rings. The molecular weight excluding hydrogens is 366 g/mol. The summed E-state index contributed by atoms with van der Waals surface area (Å²) in [7, 11) is 0. The summed E-state index contributed by atoms with van der Waals surface area (Å²) in [5, 5.41) is 0. The minimum Gasteiger partial charge on any atom is -0.288 e. The van der Waals surface area contributed by atoms with Crippen LogP contribution in [0.3, 0.4) is 0 Å². The predicted octanol–water partition coefficient (Wildman–Crippen LogP) is 5.58. The molecule has 0 N–H and O–H groups in total. The average Bonchev–Trinajstić information content (AvgIpc) is 3.19. The number of aryl methyl sites for hydroxylation is 1. The van der Waals surface area contributed by atoms with E-state index in [4.69, 9.17) is 0 Å². The van der Waals surface area contributed by atoms with Gasteiger partial charge in [-0.1, -0.05) is 90.5 Å². The Hall–Kier alpha value is -3.37. The van der Waals surface area contributed by atoms with E-state index in [1.165, 1.54) is 0 Å². The van der Waals surface area contributed by atoms with Crippen molar-refractivity contribution in [1.82, 2.24) is 4.37 Å². The Labute approximate surface area is 167 Å². The summed E-state index contributed by atoms with van der Waals surface area (Å²) in [6, 6.07) is 25.8. The van der Waals surface area contributed by atoms with Gasteiger partial charge in [0.2, 0.25) is 5.78 Å². The van der Waals surface area contributed by atoms with E-state index in [1.807, 2.05) is 67.6 Å². The van der Waals surface area contributed by atoms with E-state index in [1.54, 1.807) is 24.3 Å². The molecule has 0 aliphatic carbocycles. The molecule has 1 aromatic heterocycles. The van der Waals surface area contributed by atoms with E-state index < -0.39 is 0 Å². The summed E-state index contributed by atoms with van der Waals surface area (Å²) in [5.74, 6) is -0.375. The van der Waals surface area contributed by atoms with Crippen molar-refractivity contribution in [2.75, 3.05) is 0 Å². The average molecular weight is 383 g/mol.